The fourth-order valence-corrected chi connectivity index (χ4v) is 3.84. The lowest BCUT2D eigenvalue weighted by atomic mass is 9.82. The molecule has 2 fully saturated rings. The molecule has 0 spiro atoms. The Morgan fingerprint density at radius 3 is 2.62 bits per heavy atom. The molecule has 3 nitrogen and oxygen atoms in total. The number of nitrogens with one attached hydrogen (secondary N) is 1. The van der Waals surface area contributed by atoms with Crippen molar-refractivity contribution >= 4 is 17.7 Å². The predicted octanol–water partition coefficient (Wildman–Crippen LogP) is 1.69. The van der Waals surface area contributed by atoms with Crippen LogP contribution in [0.3, 0.4) is 0 Å². The number of hydrogen-bond donors (Lipinski definition) is 2. The van der Waals surface area contributed by atoms with Crippen molar-refractivity contribution in [1.82, 2.24) is 5.32 Å². The molecule has 1 amide bonds. The van der Waals surface area contributed by atoms with Gasteiger partial charge in [-0.1, -0.05) is 19.3 Å². The van der Waals surface area contributed by atoms with E-state index in [2.05, 4.69) is 5.32 Å². The third kappa shape index (κ3) is 2.72. The first kappa shape index (κ1) is 12.2. The molecule has 0 radical (unpaired) electrons. The van der Waals surface area contributed by atoms with Crippen LogP contribution in [0.25, 0.3) is 0 Å². The average molecular weight is 243 g/mol. The maximum absolute atomic E-state index is 12.0. The number of aliphatic hydroxyl groups is 1. The molecule has 0 aromatic heterocycles. The van der Waals surface area contributed by atoms with Crippen molar-refractivity contribution in [2.75, 3.05) is 12.4 Å². The molecule has 0 aromatic carbocycles. The standard InChI is InChI=1S/C12H21NO2S/c14-9-12(6-2-1-3-7-12)13-11(15)10-5-4-8-16-10/h10,14H,1-9H2,(H,13,15). The van der Waals surface area contributed by atoms with Crippen LogP contribution in [0.4, 0.5) is 0 Å². The predicted molar refractivity (Wildman–Crippen MR) is 66.5 cm³/mol. The highest BCUT2D eigenvalue weighted by atomic mass is 32.2. The summed E-state index contributed by atoms with van der Waals surface area (Å²) in [6, 6.07) is 0. The van der Waals surface area contributed by atoms with Crippen LogP contribution in [0.2, 0.25) is 0 Å². The zero-order valence-corrected chi connectivity index (χ0v) is 10.5. The van der Waals surface area contributed by atoms with Crippen LogP contribution in [0.15, 0.2) is 0 Å². The van der Waals surface area contributed by atoms with Crippen LogP contribution in [0, 0.1) is 0 Å². The highest BCUT2D eigenvalue weighted by Gasteiger charge is 2.35. The molecule has 1 atom stereocenters. The fourth-order valence-electron chi connectivity index (χ4n) is 2.68. The number of aliphatic hydroxyl groups excluding tert-OH is 1. The monoisotopic (exact) mass is 243 g/mol. The topological polar surface area (TPSA) is 49.3 Å². The summed E-state index contributed by atoms with van der Waals surface area (Å²) in [5.74, 6) is 1.25. The van der Waals surface area contributed by atoms with Gasteiger partial charge in [-0.2, -0.15) is 0 Å². The molecule has 2 N–H and O–H groups in total. The van der Waals surface area contributed by atoms with Crippen LogP contribution in [-0.4, -0.2) is 34.2 Å². The second-order valence-electron chi connectivity index (χ2n) is 4.99. The van der Waals surface area contributed by atoms with Crippen molar-refractivity contribution in [2.24, 2.45) is 0 Å². The number of rotatable bonds is 3. The maximum Gasteiger partial charge on any atom is 0.233 e. The maximum atomic E-state index is 12.0. The van der Waals surface area contributed by atoms with Gasteiger partial charge in [0.05, 0.1) is 17.4 Å². The molecule has 1 saturated carbocycles. The van der Waals surface area contributed by atoms with E-state index in [-0.39, 0.29) is 23.3 Å². The highest BCUT2D eigenvalue weighted by Crippen LogP contribution is 2.30. The SMILES string of the molecule is O=C(NC1(CO)CCCCC1)C1CCCS1. The molecule has 0 aromatic rings. The molecule has 1 aliphatic carbocycles. The average Bonchev–Trinajstić information content (AvgIpc) is 2.84. The van der Waals surface area contributed by atoms with Crippen molar-refractivity contribution in [3.63, 3.8) is 0 Å². The second kappa shape index (κ2) is 5.41. The highest BCUT2D eigenvalue weighted by molar-refractivity contribution is 8.00. The molecule has 2 rings (SSSR count). The van der Waals surface area contributed by atoms with E-state index in [9.17, 15) is 9.90 Å². The van der Waals surface area contributed by atoms with E-state index in [1.165, 1.54) is 6.42 Å². The third-order valence-electron chi connectivity index (χ3n) is 3.72. The molecule has 1 saturated heterocycles. The first-order valence-electron chi connectivity index (χ1n) is 6.30. The first-order valence-corrected chi connectivity index (χ1v) is 7.35. The van der Waals surface area contributed by atoms with E-state index < -0.39 is 0 Å². The molecular weight excluding hydrogens is 222 g/mol. The minimum Gasteiger partial charge on any atom is -0.394 e. The van der Waals surface area contributed by atoms with Crippen molar-refractivity contribution in [1.29, 1.82) is 0 Å². The Morgan fingerprint density at radius 1 is 1.31 bits per heavy atom. The number of amides is 1. The van der Waals surface area contributed by atoms with Crippen LogP contribution in [0.5, 0.6) is 0 Å². The molecule has 1 heterocycles. The quantitative estimate of drug-likeness (QED) is 0.793. The van der Waals surface area contributed by atoms with Gasteiger partial charge in [-0.15, -0.1) is 11.8 Å². The number of carbonyl (C=O) groups excluding carboxylic acids is 1. The first-order chi connectivity index (χ1) is 7.76. The van der Waals surface area contributed by atoms with E-state index in [4.69, 9.17) is 0 Å². The molecule has 1 unspecified atom stereocenters. The van der Waals surface area contributed by atoms with E-state index in [1.54, 1.807) is 11.8 Å². The van der Waals surface area contributed by atoms with Gasteiger partial charge in [0, 0.05) is 0 Å². The van der Waals surface area contributed by atoms with Crippen LogP contribution in [0.1, 0.15) is 44.9 Å². The zero-order valence-electron chi connectivity index (χ0n) is 9.71. The Labute approximate surface area is 101 Å². The second-order valence-corrected chi connectivity index (χ2v) is 6.30. The Morgan fingerprint density at radius 2 is 2.06 bits per heavy atom. The molecule has 4 heteroatoms. The Hall–Kier alpha value is -0.220. The number of hydrogen-bond acceptors (Lipinski definition) is 3. The van der Waals surface area contributed by atoms with Gasteiger partial charge in [-0.05, 0) is 31.4 Å². The van der Waals surface area contributed by atoms with Gasteiger partial charge in [0.15, 0.2) is 0 Å². The van der Waals surface area contributed by atoms with Crippen molar-refractivity contribution in [3.8, 4) is 0 Å². The summed E-state index contributed by atoms with van der Waals surface area (Å²) >= 11 is 1.75. The summed E-state index contributed by atoms with van der Waals surface area (Å²) in [5, 5.41) is 12.8. The van der Waals surface area contributed by atoms with Gasteiger partial charge < -0.3 is 10.4 Å². The van der Waals surface area contributed by atoms with E-state index in [1.807, 2.05) is 0 Å². The van der Waals surface area contributed by atoms with Crippen LogP contribution in [-0.2, 0) is 4.79 Å². The van der Waals surface area contributed by atoms with E-state index in [0.29, 0.717) is 0 Å². The Balaban J connectivity index is 1.91. The molecule has 2 aliphatic rings. The smallest absolute Gasteiger partial charge is 0.233 e. The summed E-state index contributed by atoms with van der Waals surface area (Å²) < 4.78 is 0. The van der Waals surface area contributed by atoms with Crippen molar-refractivity contribution in [2.45, 2.75) is 55.7 Å². The van der Waals surface area contributed by atoms with Gasteiger partial charge >= 0.3 is 0 Å². The summed E-state index contributed by atoms with van der Waals surface area (Å²) in [5.41, 5.74) is -0.307. The van der Waals surface area contributed by atoms with Gasteiger partial charge in [0.2, 0.25) is 5.91 Å². The molecule has 16 heavy (non-hydrogen) atoms. The lowest BCUT2D eigenvalue weighted by molar-refractivity contribution is -0.123. The van der Waals surface area contributed by atoms with E-state index in [0.717, 1.165) is 44.3 Å². The number of thioether (sulfide) groups is 1. The third-order valence-corrected chi connectivity index (χ3v) is 5.10. The number of carbonyl (C=O) groups is 1. The van der Waals surface area contributed by atoms with Gasteiger partial charge in [0.1, 0.15) is 0 Å². The van der Waals surface area contributed by atoms with Gasteiger partial charge in [0.25, 0.3) is 0 Å². The van der Waals surface area contributed by atoms with Gasteiger partial charge in [-0.25, -0.2) is 0 Å². The van der Waals surface area contributed by atoms with Crippen molar-refractivity contribution < 1.29 is 9.90 Å². The fraction of sp³-hybridized carbons (Fsp3) is 0.917. The summed E-state index contributed by atoms with van der Waals surface area (Å²) in [6.45, 7) is 0.0934. The Bertz CT molecular complexity index is 245. The van der Waals surface area contributed by atoms with Crippen molar-refractivity contribution in [3.05, 3.63) is 0 Å². The minimum absolute atomic E-state index is 0.0934. The normalized spacial score (nSPS) is 28.9. The minimum atomic E-state index is -0.307. The largest absolute Gasteiger partial charge is 0.394 e. The van der Waals surface area contributed by atoms with Crippen LogP contribution >= 0.6 is 11.8 Å². The lowest BCUT2D eigenvalue weighted by Crippen LogP contribution is -2.54. The van der Waals surface area contributed by atoms with Crippen LogP contribution < -0.4 is 5.32 Å². The molecular formula is C12H21NO2S. The summed E-state index contributed by atoms with van der Waals surface area (Å²) in [7, 11) is 0. The van der Waals surface area contributed by atoms with Gasteiger partial charge in [-0.3, -0.25) is 4.79 Å². The molecule has 1 aliphatic heterocycles. The summed E-state index contributed by atoms with van der Waals surface area (Å²) in [6.07, 6.45) is 7.50. The lowest BCUT2D eigenvalue weighted by Gasteiger charge is -2.37. The van der Waals surface area contributed by atoms with E-state index >= 15 is 0 Å². The molecule has 92 valence electrons. The molecule has 0 bridgehead atoms. The zero-order chi connectivity index (χ0) is 11.4. The Kier molecular flexibility index (Phi) is 4.14. The summed E-state index contributed by atoms with van der Waals surface area (Å²) in [4.78, 5) is 12.0.